The van der Waals surface area contributed by atoms with Gasteiger partial charge in [-0.3, -0.25) is 10.3 Å². The monoisotopic (exact) mass is 500 g/mol. The van der Waals surface area contributed by atoms with Gasteiger partial charge in [0.15, 0.2) is 17.6 Å². The maximum Gasteiger partial charge on any atom is 0.333 e. The van der Waals surface area contributed by atoms with Gasteiger partial charge in [0.1, 0.15) is 17.7 Å². The van der Waals surface area contributed by atoms with E-state index in [0.717, 1.165) is 25.9 Å². The van der Waals surface area contributed by atoms with Crippen LogP contribution < -0.4 is 20.5 Å². The molecule has 1 saturated heterocycles. The molecule has 0 spiro atoms. The molecule has 2 aromatic carbocycles. The van der Waals surface area contributed by atoms with Crippen LogP contribution in [0.1, 0.15) is 57.2 Å². The molecule has 1 heterocycles. The number of hydrogen-bond acceptors (Lipinski definition) is 7. The van der Waals surface area contributed by atoms with Crippen LogP contribution in [0.25, 0.3) is 0 Å². The molecule has 9 heteroatoms. The Morgan fingerprint density at radius 1 is 1.14 bits per heavy atom. The van der Waals surface area contributed by atoms with Crippen molar-refractivity contribution in [2.75, 3.05) is 38.2 Å². The van der Waals surface area contributed by atoms with E-state index in [1.165, 1.54) is 18.6 Å². The van der Waals surface area contributed by atoms with Crippen LogP contribution in [-0.2, 0) is 9.53 Å². The predicted molar refractivity (Wildman–Crippen MR) is 138 cm³/mol. The van der Waals surface area contributed by atoms with Gasteiger partial charge in [0.2, 0.25) is 0 Å². The highest BCUT2D eigenvalue weighted by Gasteiger charge is 2.29. The molecule has 0 aromatic heterocycles. The molecule has 2 aromatic rings. The van der Waals surface area contributed by atoms with Crippen LogP contribution in [0.15, 0.2) is 36.4 Å². The number of carbonyl (C=O) groups excluding carboxylic acids is 1. The first kappa shape index (κ1) is 27.3. The summed E-state index contributed by atoms with van der Waals surface area (Å²) in [4.78, 5) is 15.3. The second kappa shape index (κ2) is 13.1. The van der Waals surface area contributed by atoms with Crippen LogP contribution in [0, 0.1) is 11.2 Å². The van der Waals surface area contributed by atoms with E-state index in [1.54, 1.807) is 31.2 Å². The first-order chi connectivity index (χ1) is 17.3. The molecule has 1 aliphatic heterocycles. The summed E-state index contributed by atoms with van der Waals surface area (Å²) >= 11 is 0. The summed E-state index contributed by atoms with van der Waals surface area (Å²) in [5.41, 5.74) is 6.68. The van der Waals surface area contributed by atoms with Crippen LogP contribution in [-0.4, -0.2) is 55.7 Å². The molecule has 4 N–H and O–H groups in total. The van der Waals surface area contributed by atoms with Crippen molar-refractivity contribution < 1.29 is 23.4 Å². The van der Waals surface area contributed by atoms with E-state index < -0.39 is 17.8 Å². The van der Waals surface area contributed by atoms with Crippen molar-refractivity contribution in [1.82, 2.24) is 4.90 Å². The van der Waals surface area contributed by atoms with Crippen LogP contribution in [0.4, 0.5) is 10.1 Å². The average molecular weight is 501 g/mol. The fourth-order valence-corrected chi connectivity index (χ4v) is 4.30. The van der Waals surface area contributed by atoms with Crippen molar-refractivity contribution in [2.24, 2.45) is 5.73 Å². The minimum atomic E-state index is -1.15. The van der Waals surface area contributed by atoms with Gasteiger partial charge in [-0.2, -0.15) is 0 Å². The van der Waals surface area contributed by atoms with Gasteiger partial charge in [-0.05, 0) is 77.0 Å². The van der Waals surface area contributed by atoms with E-state index in [4.69, 9.17) is 25.4 Å². The molecule has 36 heavy (non-hydrogen) atoms. The summed E-state index contributed by atoms with van der Waals surface area (Å²) < 4.78 is 32.9. The highest BCUT2D eigenvalue weighted by Crippen LogP contribution is 2.34. The molecule has 8 nitrogen and oxygen atoms in total. The van der Waals surface area contributed by atoms with Gasteiger partial charge in [0.05, 0.1) is 13.2 Å². The van der Waals surface area contributed by atoms with Crippen molar-refractivity contribution in [3.63, 3.8) is 0 Å². The molecule has 1 aliphatic rings. The number of nitrogen functional groups attached to an aromatic ring is 1. The minimum absolute atomic E-state index is 0.0310. The van der Waals surface area contributed by atoms with Gasteiger partial charge in [0, 0.05) is 29.4 Å². The highest BCUT2D eigenvalue weighted by atomic mass is 19.1. The molecule has 0 aliphatic carbocycles. The molecule has 0 amide bonds. The van der Waals surface area contributed by atoms with E-state index >= 15 is 4.39 Å². The standard InChI is InChI=1S/C27H37FN4O4/c1-4-34-21-15-22(24(28)23(16-21)36-18(3)17-32-13-7-6-8-14-32)25(27(33)35-5-2)31-20-11-9-19(10-12-20)26(29)30/h9-12,15-16,18,25,31H,4-8,13-14,17H2,1-3H3,(H3,29,30)/t18-,25?/m1/s1. The lowest BCUT2D eigenvalue weighted by atomic mass is 10.0. The Morgan fingerprint density at radius 3 is 2.44 bits per heavy atom. The number of nitrogens with one attached hydrogen (secondary N) is 2. The number of carbonyl (C=O) groups is 1. The summed E-state index contributed by atoms with van der Waals surface area (Å²) in [5.74, 6) is -0.914. The zero-order chi connectivity index (χ0) is 26.1. The Morgan fingerprint density at radius 2 is 1.83 bits per heavy atom. The van der Waals surface area contributed by atoms with Crippen LogP contribution in [0.5, 0.6) is 11.5 Å². The third kappa shape index (κ3) is 7.34. The molecule has 0 bridgehead atoms. The number of ether oxygens (including phenoxy) is 3. The molecule has 2 atom stereocenters. The second-order valence-corrected chi connectivity index (χ2v) is 8.87. The zero-order valence-corrected chi connectivity index (χ0v) is 21.3. The number of likely N-dealkylation sites (tertiary alicyclic amines) is 1. The highest BCUT2D eigenvalue weighted by molar-refractivity contribution is 5.95. The van der Waals surface area contributed by atoms with Crippen molar-refractivity contribution in [1.29, 1.82) is 5.41 Å². The molecule has 0 radical (unpaired) electrons. The normalized spacial score (nSPS) is 15.6. The lowest BCUT2D eigenvalue weighted by Gasteiger charge is -2.29. The molecule has 3 rings (SSSR count). The van der Waals surface area contributed by atoms with E-state index in [0.29, 0.717) is 30.2 Å². The molecule has 1 fully saturated rings. The number of benzene rings is 2. The summed E-state index contributed by atoms with van der Waals surface area (Å²) in [5, 5.41) is 10.6. The Hall–Kier alpha value is -3.33. The number of piperidine rings is 1. The summed E-state index contributed by atoms with van der Waals surface area (Å²) in [6, 6.07) is 8.52. The second-order valence-electron chi connectivity index (χ2n) is 8.87. The Kier molecular flexibility index (Phi) is 9.93. The largest absolute Gasteiger partial charge is 0.494 e. The van der Waals surface area contributed by atoms with Crippen molar-refractivity contribution in [3.8, 4) is 11.5 Å². The van der Waals surface area contributed by atoms with Crippen LogP contribution in [0.2, 0.25) is 0 Å². The maximum atomic E-state index is 15.9. The van der Waals surface area contributed by atoms with E-state index in [9.17, 15) is 4.79 Å². The fourth-order valence-electron chi connectivity index (χ4n) is 4.30. The maximum absolute atomic E-state index is 15.9. The van der Waals surface area contributed by atoms with Gasteiger partial charge >= 0.3 is 5.97 Å². The van der Waals surface area contributed by atoms with Gasteiger partial charge in [-0.1, -0.05) is 6.42 Å². The third-order valence-electron chi connectivity index (χ3n) is 5.98. The van der Waals surface area contributed by atoms with Gasteiger partial charge in [-0.15, -0.1) is 0 Å². The van der Waals surface area contributed by atoms with Crippen LogP contribution in [0.3, 0.4) is 0 Å². The number of anilines is 1. The lowest BCUT2D eigenvalue weighted by Crippen LogP contribution is -2.37. The minimum Gasteiger partial charge on any atom is -0.494 e. The van der Waals surface area contributed by atoms with Crippen molar-refractivity contribution in [3.05, 3.63) is 53.3 Å². The fraction of sp³-hybridized carbons (Fsp3) is 0.481. The Balaban J connectivity index is 1.91. The number of esters is 1. The number of halogens is 1. The number of amidine groups is 1. The van der Waals surface area contributed by atoms with Gasteiger partial charge < -0.3 is 25.3 Å². The lowest BCUT2D eigenvalue weighted by molar-refractivity contribution is -0.144. The molecular weight excluding hydrogens is 463 g/mol. The number of hydrogen-bond donors (Lipinski definition) is 3. The molecule has 1 unspecified atom stereocenters. The summed E-state index contributed by atoms with van der Waals surface area (Å²) in [7, 11) is 0. The topological polar surface area (TPSA) is 110 Å². The van der Waals surface area contributed by atoms with E-state index in [-0.39, 0.29) is 29.9 Å². The van der Waals surface area contributed by atoms with Gasteiger partial charge in [0.25, 0.3) is 0 Å². The first-order valence-electron chi connectivity index (χ1n) is 12.5. The molecule has 196 valence electrons. The van der Waals surface area contributed by atoms with E-state index in [2.05, 4.69) is 10.2 Å². The summed E-state index contributed by atoms with van der Waals surface area (Å²) in [6.07, 6.45) is 3.30. The smallest absolute Gasteiger partial charge is 0.333 e. The molecular formula is C27H37FN4O4. The number of rotatable bonds is 12. The Labute approximate surface area is 212 Å². The molecule has 0 saturated carbocycles. The first-order valence-corrected chi connectivity index (χ1v) is 12.5. The number of nitrogens with two attached hydrogens (primary N) is 1. The van der Waals surface area contributed by atoms with E-state index in [1.807, 2.05) is 13.8 Å². The quantitative estimate of drug-likeness (QED) is 0.224. The van der Waals surface area contributed by atoms with Crippen molar-refractivity contribution >= 4 is 17.5 Å². The Bertz CT molecular complexity index is 1030. The van der Waals surface area contributed by atoms with Crippen LogP contribution >= 0.6 is 0 Å². The summed E-state index contributed by atoms with van der Waals surface area (Å²) in [6.45, 7) is 8.67. The SMILES string of the molecule is CCOC(=O)C(Nc1ccc(C(=N)N)cc1)c1cc(OCC)cc(O[C@H](C)CN2CCCCC2)c1F. The average Bonchev–Trinajstić information content (AvgIpc) is 2.85. The van der Waals surface area contributed by atoms with Crippen molar-refractivity contribution in [2.45, 2.75) is 52.2 Å². The number of nitrogens with zero attached hydrogens (tertiary/aromatic N) is 1. The third-order valence-corrected chi connectivity index (χ3v) is 5.98. The van der Waals surface area contributed by atoms with Gasteiger partial charge in [-0.25, -0.2) is 9.18 Å². The predicted octanol–water partition coefficient (Wildman–Crippen LogP) is 4.48. The zero-order valence-electron chi connectivity index (χ0n) is 21.3.